The van der Waals surface area contributed by atoms with Crippen molar-refractivity contribution in [3.8, 4) is 5.88 Å². The average Bonchev–Trinajstić information content (AvgIpc) is 3.21. The van der Waals surface area contributed by atoms with E-state index in [1.165, 1.54) is 11.3 Å². The predicted octanol–water partition coefficient (Wildman–Crippen LogP) is 3.23. The summed E-state index contributed by atoms with van der Waals surface area (Å²) in [7, 11) is 0. The van der Waals surface area contributed by atoms with Crippen LogP contribution in [0.1, 0.15) is 28.9 Å². The molecule has 2 aromatic rings. The molecule has 25 heavy (non-hydrogen) atoms. The van der Waals surface area contributed by atoms with Crippen molar-refractivity contribution in [2.24, 2.45) is 5.41 Å². The standard InChI is InChI=1S/C19H22N2O3S/c22-18(15-5-3-12-25-15)21-10-7-16-19(13-21,8-4-11-23-16)14-24-17-6-1-2-9-20-17/h1-3,5-6,9,12,16H,4,7-8,10-11,13-14H2/t16-,19-/m0/s1. The van der Waals surface area contributed by atoms with Crippen molar-refractivity contribution in [3.63, 3.8) is 0 Å². The molecule has 2 saturated heterocycles. The number of likely N-dealkylation sites (tertiary alicyclic amines) is 1. The van der Waals surface area contributed by atoms with Crippen LogP contribution in [-0.2, 0) is 4.74 Å². The van der Waals surface area contributed by atoms with Crippen molar-refractivity contribution in [2.45, 2.75) is 25.4 Å². The molecule has 2 aliphatic heterocycles. The second-order valence-electron chi connectivity index (χ2n) is 6.77. The molecule has 132 valence electrons. The summed E-state index contributed by atoms with van der Waals surface area (Å²) in [4.78, 5) is 19.8. The van der Waals surface area contributed by atoms with Gasteiger partial charge in [-0.3, -0.25) is 4.79 Å². The van der Waals surface area contributed by atoms with Gasteiger partial charge in [-0.05, 0) is 36.8 Å². The van der Waals surface area contributed by atoms with E-state index < -0.39 is 0 Å². The quantitative estimate of drug-likeness (QED) is 0.842. The molecule has 0 N–H and O–H groups in total. The Morgan fingerprint density at radius 2 is 2.36 bits per heavy atom. The van der Waals surface area contributed by atoms with E-state index in [1.807, 2.05) is 40.6 Å². The summed E-state index contributed by atoms with van der Waals surface area (Å²) < 4.78 is 12.1. The van der Waals surface area contributed by atoms with Gasteiger partial charge in [-0.1, -0.05) is 12.1 Å². The minimum atomic E-state index is -0.152. The van der Waals surface area contributed by atoms with Gasteiger partial charge in [-0.25, -0.2) is 4.98 Å². The second-order valence-corrected chi connectivity index (χ2v) is 7.72. The second kappa shape index (κ2) is 7.14. The zero-order chi connectivity index (χ0) is 17.1. The summed E-state index contributed by atoms with van der Waals surface area (Å²) >= 11 is 1.50. The molecule has 1 amide bonds. The van der Waals surface area contributed by atoms with E-state index in [4.69, 9.17) is 9.47 Å². The highest BCUT2D eigenvalue weighted by Gasteiger charge is 2.48. The Bertz CT molecular complexity index is 707. The van der Waals surface area contributed by atoms with Gasteiger partial charge in [0.05, 0.1) is 17.6 Å². The zero-order valence-electron chi connectivity index (χ0n) is 14.1. The molecule has 0 aromatic carbocycles. The number of amides is 1. The van der Waals surface area contributed by atoms with E-state index >= 15 is 0 Å². The monoisotopic (exact) mass is 358 g/mol. The van der Waals surface area contributed by atoms with Gasteiger partial charge < -0.3 is 14.4 Å². The summed E-state index contributed by atoms with van der Waals surface area (Å²) in [6.45, 7) is 2.76. The molecule has 4 rings (SSSR count). The third-order valence-corrected chi connectivity index (χ3v) is 6.01. The first-order chi connectivity index (χ1) is 12.3. The number of hydrogen-bond acceptors (Lipinski definition) is 5. The number of piperidine rings is 1. The number of pyridine rings is 1. The smallest absolute Gasteiger partial charge is 0.263 e. The molecular formula is C19H22N2O3S. The molecule has 0 saturated carbocycles. The van der Waals surface area contributed by atoms with Crippen molar-refractivity contribution >= 4 is 17.2 Å². The fourth-order valence-corrected chi connectivity index (χ4v) is 4.57. The van der Waals surface area contributed by atoms with Gasteiger partial charge >= 0.3 is 0 Å². The third-order valence-electron chi connectivity index (χ3n) is 5.15. The van der Waals surface area contributed by atoms with Gasteiger partial charge in [0.1, 0.15) is 0 Å². The van der Waals surface area contributed by atoms with Crippen LogP contribution in [0.4, 0.5) is 0 Å². The molecular weight excluding hydrogens is 336 g/mol. The van der Waals surface area contributed by atoms with Crippen LogP contribution in [0.5, 0.6) is 5.88 Å². The van der Waals surface area contributed by atoms with Crippen LogP contribution in [0.25, 0.3) is 0 Å². The third kappa shape index (κ3) is 3.41. The van der Waals surface area contributed by atoms with Gasteiger partial charge in [0.2, 0.25) is 5.88 Å². The number of ether oxygens (including phenoxy) is 2. The molecule has 0 radical (unpaired) electrons. The molecule has 2 fully saturated rings. The molecule has 2 aliphatic rings. The first kappa shape index (κ1) is 16.5. The highest BCUT2D eigenvalue weighted by atomic mass is 32.1. The summed E-state index contributed by atoms with van der Waals surface area (Å²) in [6, 6.07) is 9.48. The molecule has 0 bridgehead atoms. The van der Waals surface area contributed by atoms with Crippen molar-refractivity contribution in [1.82, 2.24) is 9.88 Å². The van der Waals surface area contributed by atoms with Crippen molar-refractivity contribution in [1.29, 1.82) is 0 Å². The number of hydrogen-bond donors (Lipinski definition) is 0. The largest absolute Gasteiger partial charge is 0.477 e. The van der Waals surface area contributed by atoms with Crippen LogP contribution in [0.15, 0.2) is 41.9 Å². The van der Waals surface area contributed by atoms with E-state index in [1.54, 1.807) is 6.20 Å². The first-order valence-corrected chi connectivity index (χ1v) is 9.63. The molecule has 0 aliphatic carbocycles. The van der Waals surface area contributed by atoms with Crippen LogP contribution < -0.4 is 4.74 Å². The van der Waals surface area contributed by atoms with E-state index in [0.29, 0.717) is 19.0 Å². The zero-order valence-corrected chi connectivity index (χ0v) is 14.9. The average molecular weight is 358 g/mol. The number of nitrogens with zero attached hydrogens (tertiary/aromatic N) is 2. The van der Waals surface area contributed by atoms with Crippen LogP contribution in [-0.4, -0.2) is 48.2 Å². The fourth-order valence-electron chi connectivity index (χ4n) is 3.88. The molecule has 0 spiro atoms. The maximum Gasteiger partial charge on any atom is 0.263 e. The Balaban J connectivity index is 1.51. The Morgan fingerprint density at radius 1 is 1.40 bits per heavy atom. The minimum absolute atomic E-state index is 0.122. The molecule has 6 heteroatoms. The van der Waals surface area contributed by atoms with Crippen LogP contribution in [0.2, 0.25) is 0 Å². The number of rotatable bonds is 4. The summed E-state index contributed by atoms with van der Waals surface area (Å²) in [6.07, 6.45) is 4.76. The maximum absolute atomic E-state index is 12.8. The molecule has 2 atom stereocenters. The lowest BCUT2D eigenvalue weighted by molar-refractivity contribution is -0.133. The molecule has 2 aromatic heterocycles. The van der Waals surface area contributed by atoms with Crippen molar-refractivity contribution in [2.75, 3.05) is 26.3 Å². The highest BCUT2D eigenvalue weighted by molar-refractivity contribution is 7.12. The van der Waals surface area contributed by atoms with Crippen LogP contribution in [0, 0.1) is 5.41 Å². The van der Waals surface area contributed by atoms with Gasteiger partial charge in [0.25, 0.3) is 5.91 Å². The highest BCUT2D eigenvalue weighted by Crippen LogP contribution is 2.41. The molecule has 0 unspecified atom stereocenters. The Labute approximate surface area is 151 Å². The lowest BCUT2D eigenvalue weighted by Gasteiger charge is -2.50. The Hall–Kier alpha value is -1.92. The number of carbonyl (C=O) groups is 1. The number of carbonyl (C=O) groups excluding carboxylic acids is 1. The van der Waals surface area contributed by atoms with Gasteiger partial charge in [0, 0.05) is 37.4 Å². The van der Waals surface area contributed by atoms with E-state index in [9.17, 15) is 4.79 Å². The summed E-state index contributed by atoms with van der Waals surface area (Å²) in [5.74, 6) is 0.749. The lowest BCUT2D eigenvalue weighted by atomic mass is 9.73. The topological polar surface area (TPSA) is 51.7 Å². The van der Waals surface area contributed by atoms with Crippen molar-refractivity contribution < 1.29 is 14.3 Å². The number of thiophene rings is 1. The van der Waals surface area contributed by atoms with Gasteiger partial charge in [-0.15, -0.1) is 11.3 Å². The molecule has 5 nitrogen and oxygen atoms in total. The van der Waals surface area contributed by atoms with E-state index in [-0.39, 0.29) is 17.4 Å². The minimum Gasteiger partial charge on any atom is -0.477 e. The number of fused-ring (bicyclic) bond motifs is 1. The van der Waals surface area contributed by atoms with Gasteiger partial charge in [0.15, 0.2) is 0 Å². The molecule has 4 heterocycles. The van der Waals surface area contributed by atoms with Gasteiger partial charge in [-0.2, -0.15) is 0 Å². The first-order valence-electron chi connectivity index (χ1n) is 8.75. The van der Waals surface area contributed by atoms with Crippen molar-refractivity contribution in [3.05, 3.63) is 46.8 Å². The number of aromatic nitrogens is 1. The van der Waals surface area contributed by atoms with E-state index in [0.717, 1.165) is 37.3 Å². The summed E-state index contributed by atoms with van der Waals surface area (Å²) in [5.41, 5.74) is -0.152. The van der Waals surface area contributed by atoms with Crippen LogP contribution >= 0.6 is 11.3 Å². The van der Waals surface area contributed by atoms with Crippen LogP contribution in [0.3, 0.4) is 0 Å². The lowest BCUT2D eigenvalue weighted by Crippen LogP contribution is -2.58. The fraction of sp³-hybridized carbons (Fsp3) is 0.474. The SMILES string of the molecule is O=C(c1cccs1)N1CC[C@@H]2OCCC[C@@]2(COc2ccccn2)C1. The Kier molecular flexibility index (Phi) is 4.72. The predicted molar refractivity (Wildman–Crippen MR) is 96.0 cm³/mol. The maximum atomic E-state index is 12.8. The summed E-state index contributed by atoms with van der Waals surface area (Å²) in [5, 5.41) is 1.95. The normalized spacial score (nSPS) is 26.1. The van der Waals surface area contributed by atoms with E-state index in [2.05, 4.69) is 4.98 Å². The Morgan fingerprint density at radius 3 is 3.16 bits per heavy atom.